The number of rotatable bonds is 3. The molecule has 4 nitrogen and oxygen atoms in total. The largest absolute Gasteiger partial charge is 0.456 e. The van der Waals surface area contributed by atoms with Crippen LogP contribution in [-0.4, -0.2) is 23.1 Å². The lowest BCUT2D eigenvalue weighted by Gasteiger charge is -2.19. The Morgan fingerprint density at radius 2 is 0.846 bits per heavy atom. The first kappa shape index (κ1) is 19.7. The van der Waals surface area contributed by atoms with Crippen molar-refractivity contribution in [2.75, 3.05) is 0 Å². The fraction of sp³-hybridized carbons (Fsp3) is 0.364. The van der Waals surface area contributed by atoms with Crippen molar-refractivity contribution in [1.82, 2.24) is 0 Å². The second-order valence-electron chi connectivity index (χ2n) is 8.16. The standard InChI is InChI=1S/C22H26O4/c1-21(2,3)25-19(23)17-11-7-15(8-12-17)16-9-13-18(14-10-16)20(24)26-22(4,5)6/h7-14H,1-6H3. The summed E-state index contributed by atoms with van der Waals surface area (Å²) >= 11 is 0. The lowest BCUT2D eigenvalue weighted by Crippen LogP contribution is -2.23. The lowest BCUT2D eigenvalue weighted by molar-refractivity contribution is 0.00570. The molecule has 0 unspecified atom stereocenters. The van der Waals surface area contributed by atoms with Gasteiger partial charge in [0.15, 0.2) is 0 Å². The summed E-state index contributed by atoms with van der Waals surface area (Å²) in [7, 11) is 0. The highest BCUT2D eigenvalue weighted by Gasteiger charge is 2.19. The van der Waals surface area contributed by atoms with E-state index in [1.54, 1.807) is 24.3 Å². The minimum absolute atomic E-state index is 0.343. The normalized spacial score (nSPS) is 11.8. The Kier molecular flexibility index (Phi) is 5.55. The fourth-order valence-corrected chi connectivity index (χ4v) is 2.27. The first-order chi connectivity index (χ1) is 11.9. The predicted molar refractivity (Wildman–Crippen MR) is 102 cm³/mol. The Morgan fingerprint density at radius 3 is 1.08 bits per heavy atom. The second-order valence-corrected chi connectivity index (χ2v) is 8.16. The number of ether oxygens (including phenoxy) is 2. The summed E-state index contributed by atoms with van der Waals surface area (Å²) in [5, 5.41) is 0. The van der Waals surface area contributed by atoms with E-state index in [0.29, 0.717) is 11.1 Å². The van der Waals surface area contributed by atoms with Crippen molar-refractivity contribution in [1.29, 1.82) is 0 Å². The number of carbonyl (C=O) groups excluding carboxylic acids is 2. The number of hydrogen-bond donors (Lipinski definition) is 0. The van der Waals surface area contributed by atoms with Gasteiger partial charge in [0.1, 0.15) is 11.2 Å². The molecule has 0 bridgehead atoms. The highest BCUT2D eigenvalue weighted by molar-refractivity contribution is 5.91. The van der Waals surface area contributed by atoms with Crippen LogP contribution in [0.2, 0.25) is 0 Å². The summed E-state index contributed by atoms with van der Waals surface area (Å²) < 4.78 is 10.7. The maximum Gasteiger partial charge on any atom is 0.338 e. The number of esters is 2. The van der Waals surface area contributed by atoms with Crippen molar-refractivity contribution in [2.45, 2.75) is 52.7 Å². The van der Waals surface area contributed by atoms with E-state index in [2.05, 4.69) is 0 Å². The van der Waals surface area contributed by atoms with Gasteiger partial charge in [-0.1, -0.05) is 24.3 Å². The van der Waals surface area contributed by atoms with Gasteiger partial charge in [0.2, 0.25) is 0 Å². The summed E-state index contributed by atoms with van der Waals surface area (Å²) in [6, 6.07) is 14.4. The molecule has 0 aliphatic carbocycles. The van der Waals surface area contributed by atoms with Gasteiger partial charge in [0.25, 0.3) is 0 Å². The number of hydrogen-bond acceptors (Lipinski definition) is 4. The quantitative estimate of drug-likeness (QED) is 0.705. The highest BCUT2D eigenvalue weighted by atomic mass is 16.6. The van der Waals surface area contributed by atoms with Gasteiger partial charge in [-0.3, -0.25) is 0 Å². The van der Waals surface area contributed by atoms with Gasteiger partial charge >= 0.3 is 11.9 Å². The molecule has 4 heteroatoms. The van der Waals surface area contributed by atoms with Crippen LogP contribution in [0.3, 0.4) is 0 Å². The van der Waals surface area contributed by atoms with Crippen molar-refractivity contribution in [3.05, 3.63) is 59.7 Å². The van der Waals surface area contributed by atoms with Gasteiger partial charge in [-0.2, -0.15) is 0 Å². The molecule has 0 saturated carbocycles. The van der Waals surface area contributed by atoms with E-state index in [1.165, 1.54) is 0 Å². The van der Waals surface area contributed by atoms with E-state index in [-0.39, 0.29) is 11.9 Å². The molecule has 0 aliphatic heterocycles. The first-order valence-corrected chi connectivity index (χ1v) is 8.62. The average molecular weight is 354 g/mol. The Hall–Kier alpha value is -2.62. The monoisotopic (exact) mass is 354 g/mol. The molecule has 138 valence electrons. The molecule has 0 atom stereocenters. The van der Waals surface area contributed by atoms with Crippen LogP contribution in [0, 0.1) is 0 Å². The van der Waals surface area contributed by atoms with E-state index in [1.807, 2.05) is 65.8 Å². The Bertz CT molecular complexity index is 703. The van der Waals surface area contributed by atoms with Crippen LogP contribution in [-0.2, 0) is 9.47 Å². The maximum absolute atomic E-state index is 12.1. The van der Waals surface area contributed by atoms with Crippen molar-refractivity contribution in [2.24, 2.45) is 0 Å². The Morgan fingerprint density at radius 1 is 0.577 bits per heavy atom. The molecule has 26 heavy (non-hydrogen) atoms. The Balaban J connectivity index is 2.12. The molecule has 0 spiro atoms. The van der Waals surface area contributed by atoms with E-state index in [4.69, 9.17) is 9.47 Å². The Labute approximate surface area is 155 Å². The van der Waals surface area contributed by atoms with Crippen LogP contribution in [0.4, 0.5) is 0 Å². The summed E-state index contributed by atoms with van der Waals surface area (Å²) in [4.78, 5) is 24.1. The molecule has 2 aromatic rings. The topological polar surface area (TPSA) is 52.6 Å². The molecule has 2 aromatic carbocycles. The molecule has 0 aromatic heterocycles. The fourth-order valence-electron chi connectivity index (χ4n) is 2.27. The summed E-state index contributed by atoms with van der Waals surface area (Å²) in [5.74, 6) is -0.686. The molecule has 0 amide bonds. The summed E-state index contributed by atoms with van der Waals surface area (Å²) in [6.45, 7) is 11.0. The molecule has 0 radical (unpaired) electrons. The maximum atomic E-state index is 12.1. The third-order valence-electron chi connectivity index (χ3n) is 3.37. The average Bonchev–Trinajstić information content (AvgIpc) is 2.52. The highest BCUT2D eigenvalue weighted by Crippen LogP contribution is 2.22. The van der Waals surface area contributed by atoms with Crippen LogP contribution < -0.4 is 0 Å². The van der Waals surface area contributed by atoms with Gasteiger partial charge in [-0.05, 0) is 76.9 Å². The molecule has 0 saturated heterocycles. The van der Waals surface area contributed by atoms with E-state index in [0.717, 1.165) is 11.1 Å². The molecule has 0 fully saturated rings. The van der Waals surface area contributed by atoms with E-state index in [9.17, 15) is 9.59 Å². The third-order valence-corrected chi connectivity index (χ3v) is 3.37. The van der Waals surface area contributed by atoms with Crippen molar-refractivity contribution < 1.29 is 19.1 Å². The number of benzene rings is 2. The molecular formula is C22H26O4. The van der Waals surface area contributed by atoms with Crippen molar-refractivity contribution >= 4 is 11.9 Å². The number of carbonyl (C=O) groups is 2. The smallest absolute Gasteiger partial charge is 0.338 e. The zero-order valence-electron chi connectivity index (χ0n) is 16.3. The lowest BCUT2D eigenvalue weighted by atomic mass is 10.0. The first-order valence-electron chi connectivity index (χ1n) is 8.62. The van der Waals surface area contributed by atoms with Crippen molar-refractivity contribution in [3.63, 3.8) is 0 Å². The van der Waals surface area contributed by atoms with Gasteiger partial charge in [0.05, 0.1) is 11.1 Å². The van der Waals surface area contributed by atoms with Crippen LogP contribution in [0.5, 0.6) is 0 Å². The van der Waals surface area contributed by atoms with Gasteiger partial charge in [-0.15, -0.1) is 0 Å². The summed E-state index contributed by atoms with van der Waals surface area (Å²) in [6.07, 6.45) is 0. The minimum atomic E-state index is -0.521. The minimum Gasteiger partial charge on any atom is -0.456 e. The molecular weight excluding hydrogens is 328 g/mol. The van der Waals surface area contributed by atoms with E-state index >= 15 is 0 Å². The molecule has 0 N–H and O–H groups in total. The van der Waals surface area contributed by atoms with Crippen LogP contribution in [0.25, 0.3) is 11.1 Å². The van der Waals surface area contributed by atoms with E-state index < -0.39 is 11.2 Å². The zero-order chi connectivity index (χ0) is 19.5. The van der Waals surface area contributed by atoms with Crippen LogP contribution in [0.15, 0.2) is 48.5 Å². The SMILES string of the molecule is CC(C)(C)OC(=O)c1ccc(-c2ccc(C(=O)OC(C)(C)C)cc2)cc1. The predicted octanol–water partition coefficient (Wildman–Crippen LogP) is 5.26. The molecule has 0 heterocycles. The van der Waals surface area contributed by atoms with Gasteiger partial charge in [0, 0.05) is 0 Å². The summed E-state index contributed by atoms with van der Waals surface area (Å²) in [5.41, 5.74) is 1.88. The van der Waals surface area contributed by atoms with Crippen molar-refractivity contribution in [3.8, 4) is 11.1 Å². The van der Waals surface area contributed by atoms with Crippen LogP contribution >= 0.6 is 0 Å². The molecule has 2 rings (SSSR count). The van der Waals surface area contributed by atoms with Gasteiger partial charge < -0.3 is 9.47 Å². The van der Waals surface area contributed by atoms with Gasteiger partial charge in [-0.25, -0.2) is 9.59 Å². The van der Waals surface area contributed by atoms with Crippen LogP contribution in [0.1, 0.15) is 62.3 Å². The molecule has 0 aliphatic rings. The third kappa shape index (κ3) is 5.73. The second kappa shape index (κ2) is 7.32. The zero-order valence-corrected chi connectivity index (χ0v) is 16.3.